The van der Waals surface area contributed by atoms with E-state index in [1.165, 1.54) is 27.0 Å². The summed E-state index contributed by atoms with van der Waals surface area (Å²) in [5, 5.41) is 9.65. The van der Waals surface area contributed by atoms with Crippen molar-refractivity contribution in [2.24, 2.45) is 5.41 Å². The van der Waals surface area contributed by atoms with Gasteiger partial charge in [-0.1, -0.05) is 0 Å². The van der Waals surface area contributed by atoms with E-state index in [0.717, 1.165) is 4.57 Å². The first-order valence-corrected chi connectivity index (χ1v) is 14.5. The van der Waals surface area contributed by atoms with Crippen molar-refractivity contribution in [3.05, 3.63) is 32.6 Å². The zero-order valence-corrected chi connectivity index (χ0v) is 22.5. The average Bonchev–Trinajstić information content (AvgIpc) is 3.20. The molecule has 1 aromatic heterocycles. The van der Waals surface area contributed by atoms with Crippen molar-refractivity contribution >= 4 is 27.4 Å². The minimum atomic E-state index is -5.22. The van der Waals surface area contributed by atoms with Crippen LogP contribution in [0.25, 0.3) is 0 Å². The molecule has 2 heterocycles. The van der Waals surface area contributed by atoms with Crippen LogP contribution in [-0.4, -0.2) is 86.1 Å². The van der Waals surface area contributed by atoms with Gasteiger partial charge < -0.3 is 34.0 Å². The van der Waals surface area contributed by atoms with Gasteiger partial charge in [0.1, 0.15) is 18.4 Å². The topological polar surface area (TPSA) is 250 Å². The number of ether oxygens (including phenoxy) is 3. The summed E-state index contributed by atoms with van der Waals surface area (Å²) in [4.78, 5) is 80.4. The van der Waals surface area contributed by atoms with Gasteiger partial charge in [0.05, 0.1) is 32.6 Å². The van der Waals surface area contributed by atoms with Crippen LogP contribution in [0.2, 0.25) is 0 Å². The highest BCUT2D eigenvalue weighted by molar-refractivity contribution is 7.52. The molecule has 2 rings (SSSR count). The molecule has 5 N–H and O–H groups in total. The van der Waals surface area contributed by atoms with Gasteiger partial charge in [-0.2, -0.15) is 0 Å². The van der Waals surface area contributed by atoms with Gasteiger partial charge in [0.25, 0.3) is 5.56 Å². The second kappa shape index (κ2) is 12.8. The molecule has 0 amide bonds. The van der Waals surface area contributed by atoms with Crippen molar-refractivity contribution in [3.8, 4) is 0 Å². The molecule has 4 atom stereocenters. The fraction of sp³-hybridized carbons (Fsp3) is 0.684. The van der Waals surface area contributed by atoms with Crippen LogP contribution in [0.3, 0.4) is 0 Å². The van der Waals surface area contributed by atoms with E-state index < -0.39 is 81.8 Å². The van der Waals surface area contributed by atoms with Crippen molar-refractivity contribution in [1.82, 2.24) is 9.55 Å². The third-order valence-corrected chi connectivity index (χ3v) is 7.31. The summed E-state index contributed by atoms with van der Waals surface area (Å²) in [6, 6.07) is 0. The van der Waals surface area contributed by atoms with Gasteiger partial charge in [0.2, 0.25) is 0 Å². The predicted molar refractivity (Wildman–Crippen MR) is 125 cm³/mol. The van der Waals surface area contributed by atoms with Gasteiger partial charge in [0.15, 0.2) is 5.41 Å². The normalized spacial score (nSPS) is 21.6. The lowest BCUT2D eigenvalue weighted by molar-refractivity contribution is -0.173. The van der Waals surface area contributed by atoms with Crippen molar-refractivity contribution in [2.75, 3.05) is 32.6 Å². The number of carbonyl (C=O) groups excluding carboxylic acids is 2. The maximum absolute atomic E-state index is 12.8. The van der Waals surface area contributed by atoms with Gasteiger partial charge in [0, 0.05) is 18.2 Å². The number of aromatic amines is 1. The minimum absolute atomic E-state index is 0.161. The van der Waals surface area contributed by atoms with E-state index in [9.17, 15) is 48.1 Å². The number of nitrogens with zero attached hydrogens (tertiary/aromatic N) is 1. The number of nitrogens with one attached hydrogen (secondary N) is 1. The number of aromatic nitrogens is 2. The summed E-state index contributed by atoms with van der Waals surface area (Å²) >= 11 is 0. The third kappa shape index (κ3) is 7.91. The summed E-state index contributed by atoms with van der Waals surface area (Å²) in [6.07, 6.45) is -4.31. The standard InChI is InChI=1S/C19H30N2O15P2/c1-4-32-16(24)19(10-37(27,28)29,17(25)33-5-2)9-34-38(30,31)36-12-6-14(35-13(12)8-22)21-7-11(3)15(23)20-18(21)26/h7,12-14,22H,4-6,8-10H2,1-3H3,(H,30,31)(H,20,23,26)(H2,27,28,29)/t12-,13+,14+/m0/s1. The molecule has 1 aliphatic heterocycles. The fourth-order valence-electron chi connectivity index (χ4n) is 3.61. The van der Waals surface area contributed by atoms with E-state index in [1.807, 2.05) is 0 Å². The van der Waals surface area contributed by atoms with E-state index in [1.54, 1.807) is 0 Å². The Morgan fingerprint density at radius 3 is 2.24 bits per heavy atom. The van der Waals surface area contributed by atoms with E-state index in [0.29, 0.717) is 0 Å². The average molecular weight is 588 g/mol. The number of esters is 2. The van der Waals surface area contributed by atoms with Gasteiger partial charge in [-0.3, -0.25) is 37.5 Å². The second-order valence-corrected chi connectivity index (χ2v) is 11.3. The number of rotatable bonds is 13. The van der Waals surface area contributed by atoms with Crippen LogP contribution in [0, 0.1) is 12.3 Å². The molecule has 0 spiro atoms. The SMILES string of the molecule is CCOC(=O)C(COP(=O)(O)O[C@H]1C[C@H](n2cc(C)c(=O)[nH]c2=O)O[C@@H]1CO)(CP(=O)(O)O)C(=O)OCC. The number of H-pyrrole nitrogens is 1. The summed E-state index contributed by atoms with van der Waals surface area (Å²) < 4.78 is 50.4. The number of aliphatic hydroxyl groups is 1. The van der Waals surface area contributed by atoms with Gasteiger partial charge in [-0.15, -0.1) is 0 Å². The van der Waals surface area contributed by atoms with E-state index >= 15 is 0 Å². The Morgan fingerprint density at radius 2 is 1.74 bits per heavy atom. The second-order valence-electron chi connectivity index (χ2n) is 8.26. The molecule has 0 bridgehead atoms. The first-order chi connectivity index (χ1) is 17.6. The number of hydrogen-bond acceptors (Lipinski definition) is 12. The lowest BCUT2D eigenvalue weighted by Crippen LogP contribution is -2.48. The van der Waals surface area contributed by atoms with Gasteiger partial charge >= 0.3 is 33.0 Å². The first-order valence-electron chi connectivity index (χ1n) is 11.2. The van der Waals surface area contributed by atoms with Crippen molar-refractivity contribution in [3.63, 3.8) is 0 Å². The Labute approximate surface area is 215 Å². The molecule has 1 unspecified atom stereocenters. The largest absolute Gasteiger partial charge is 0.472 e. The highest BCUT2D eigenvalue weighted by Gasteiger charge is 2.55. The quantitative estimate of drug-likeness (QED) is 0.104. The smallest absolute Gasteiger partial charge is 0.465 e. The minimum Gasteiger partial charge on any atom is -0.465 e. The molecule has 1 aromatic rings. The molecule has 0 radical (unpaired) electrons. The Kier molecular flexibility index (Phi) is 10.8. The molecule has 0 aliphatic carbocycles. The summed E-state index contributed by atoms with van der Waals surface area (Å²) in [5.41, 5.74) is -4.14. The van der Waals surface area contributed by atoms with E-state index in [4.69, 9.17) is 23.3 Å². The predicted octanol–water partition coefficient (Wildman–Crippen LogP) is -1.08. The van der Waals surface area contributed by atoms with Crippen molar-refractivity contribution in [2.45, 2.75) is 45.6 Å². The lowest BCUT2D eigenvalue weighted by Gasteiger charge is -2.30. The number of carbonyl (C=O) groups is 2. The van der Waals surface area contributed by atoms with Crippen molar-refractivity contribution < 1.29 is 61.8 Å². The molecule has 0 aromatic carbocycles. The fourth-order valence-corrected chi connectivity index (χ4v) is 5.67. The van der Waals surface area contributed by atoms with Crippen molar-refractivity contribution in [1.29, 1.82) is 0 Å². The van der Waals surface area contributed by atoms with Gasteiger partial charge in [-0.05, 0) is 20.8 Å². The van der Waals surface area contributed by atoms with Crippen LogP contribution < -0.4 is 11.2 Å². The van der Waals surface area contributed by atoms with Crippen LogP contribution in [-0.2, 0) is 42.0 Å². The Balaban J connectivity index is 2.29. The summed E-state index contributed by atoms with van der Waals surface area (Å²) in [7, 11) is -10.4. The monoisotopic (exact) mass is 588 g/mol. The Morgan fingerprint density at radius 1 is 1.16 bits per heavy atom. The van der Waals surface area contributed by atoms with E-state index in [-0.39, 0.29) is 25.2 Å². The number of phosphoric acid groups is 1. The third-order valence-electron chi connectivity index (χ3n) is 5.37. The highest BCUT2D eigenvalue weighted by atomic mass is 31.2. The highest BCUT2D eigenvalue weighted by Crippen LogP contribution is 2.51. The van der Waals surface area contributed by atoms with Crippen LogP contribution >= 0.6 is 15.4 Å². The van der Waals surface area contributed by atoms with Crippen LogP contribution in [0.15, 0.2) is 15.8 Å². The Bertz CT molecular complexity index is 1200. The van der Waals surface area contributed by atoms with Crippen LogP contribution in [0.4, 0.5) is 0 Å². The van der Waals surface area contributed by atoms with E-state index in [2.05, 4.69) is 4.98 Å². The van der Waals surface area contributed by atoms with Crippen LogP contribution in [0.1, 0.15) is 32.1 Å². The number of aryl methyl sites for hydroxylation is 1. The lowest BCUT2D eigenvalue weighted by atomic mass is 9.92. The molecular weight excluding hydrogens is 558 g/mol. The summed E-state index contributed by atoms with van der Waals surface area (Å²) in [6.45, 7) is 1.41. The zero-order valence-electron chi connectivity index (χ0n) is 20.7. The molecule has 38 heavy (non-hydrogen) atoms. The number of phosphoric ester groups is 1. The Hall–Kier alpha value is -2.20. The molecule has 17 nitrogen and oxygen atoms in total. The number of aliphatic hydroxyl groups excluding tert-OH is 1. The summed E-state index contributed by atoms with van der Waals surface area (Å²) in [5.74, 6) is -2.93. The van der Waals surface area contributed by atoms with Gasteiger partial charge in [-0.25, -0.2) is 9.36 Å². The number of hydrogen-bond donors (Lipinski definition) is 5. The van der Waals surface area contributed by atoms with Crippen LogP contribution in [0.5, 0.6) is 0 Å². The molecule has 0 saturated carbocycles. The first kappa shape index (κ1) is 32.0. The molecule has 1 aliphatic rings. The zero-order chi connectivity index (χ0) is 28.9. The molecule has 1 fully saturated rings. The maximum atomic E-state index is 12.8. The molecule has 1 saturated heterocycles. The molecular formula is C19H30N2O15P2. The maximum Gasteiger partial charge on any atom is 0.472 e. The molecule has 19 heteroatoms. The molecule has 216 valence electrons.